The molecule has 0 radical (unpaired) electrons. The number of hydrogen-bond acceptors (Lipinski definition) is 6. The lowest BCUT2D eigenvalue weighted by molar-refractivity contribution is 0.202. The van der Waals surface area contributed by atoms with Crippen molar-refractivity contribution in [2.45, 2.75) is 6.54 Å². The van der Waals surface area contributed by atoms with E-state index >= 15 is 0 Å². The first-order chi connectivity index (χ1) is 10.1. The molecule has 0 aromatic heterocycles. The number of hydrogen-bond donors (Lipinski definition) is 5. The molecule has 0 heterocycles. The van der Waals surface area contributed by atoms with E-state index < -0.39 is 0 Å². The molecule has 120 valence electrons. The monoisotopic (exact) mass is 324 g/mol. The summed E-state index contributed by atoms with van der Waals surface area (Å²) in [5, 5.41) is 12.1. The molecule has 0 saturated carbocycles. The highest BCUT2D eigenvalue weighted by Gasteiger charge is 2.06. The Kier molecular flexibility index (Phi) is 6.62. The number of ether oxygens (including phenoxy) is 1. The van der Waals surface area contributed by atoms with Crippen LogP contribution in [0.2, 0.25) is 0 Å². The SMILES string of the molecule is Cl.Nc1ccc(N)c(CNc2cc(N)ccc2OCCO)c1. The Labute approximate surface area is 135 Å². The Bertz CT molecular complexity index is 622. The standard InChI is InChI=1S/C15H20N4O2.ClH/c16-11-1-3-13(18)10(7-11)9-19-14-8-12(17)2-4-15(14)21-6-5-20;/h1-4,7-8,19-20H,5-6,9,16-18H2;1H. The molecule has 0 unspecified atom stereocenters. The molecule has 0 aliphatic carbocycles. The molecule has 0 bridgehead atoms. The van der Waals surface area contributed by atoms with Crippen molar-refractivity contribution in [3.8, 4) is 5.75 Å². The summed E-state index contributed by atoms with van der Waals surface area (Å²) in [6.07, 6.45) is 0. The van der Waals surface area contributed by atoms with E-state index in [-0.39, 0.29) is 25.6 Å². The van der Waals surface area contributed by atoms with Crippen molar-refractivity contribution in [2.24, 2.45) is 0 Å². The normalized spacial score (nSPS) is 9.86. The molecule has 0 fully saturated rings. The number of halogens is 1. The number of rotatable bonds is 6. The van der Waals surface area contributed by atoms with E-state index in [1.165, 1.54) is 0 Å². The quantitative estimate of drug-likeness (QED) is 0.517. The maximum absolute atomic E-state index is 8.85. The van der Waals surface area contributed by atoms with Crippen molar-refractivity contribution in [1.29, 1.82) is 0 Å². The van der Waals surface area contributed by atoms with E-state index in [4.69, 9.17) is 27.0 Å². The zero-order chi connectivity index (χ0) is 15.2. The smallest absolute Gasteiger partial charge is 0.142 e. The molecule has 0 amide bonds. The number of benzene rings is 2. The van der Waals surface area contributed by atoms with Crippen LogP contribution in [0.5, 0.6) is 5.75 Å². The van der Waals surface area contributed by atoms with Gasteiger partial charge >= 0.3 is 0 Å². The molecule has 22 heavy (non-hydrogen) atoms. The molecule has 0 aliphatic rings. The maximum Gasteiger partial charge on any atom is 0.142 e. The predicted octanol–water partition coefficient (Wildman–Crippen LogP) is 1.84. The van der Waals surface area contributed by atoms with E-state index in [1.807, 2.05) is 6.07 Å². The van der Waals surface area contributed by atoms with Crippen LogP contribution in [0.25, 0.3) is 0 Å². The molecule has 0 spiro atoms. The summed E-state index contributed by atoms with van der Waals surface area (Å²) in [6, 6.07) is 10.6. The first-order valence-electron chi connectivity index (χ1n) is 6.61. The van der Waals surface area contributed by atoms with E-state index in [0.29, 0.717) is 29.4 Å². The Morgan fingerprint density at radius 3 is 2.41 bits per heavy atom. The topological polar surface area (TPSA) is 120 Å². The molecule has 8 N–H and O–H groups in total. The number of anilines is 4. The number of aliphatic hydroxyl groups is 1. The fourth-order valence-corrected chi connectivity index (χ4v) is 1.94. The minimum Gasteiger partial charge on any atom is -0.489 e. The molecule has 6 nitrogen and oxygen atoms in total. The number of nitrogens with one attached hydrogen (secondary N) is 1. The van der Waals surface area contributed by atoms with Gasteiger partial charge in [0.15, 0.2) is 0 Å². The third-order valence-corrected chi connectivity index (χ3v) is 2.99. The number of nitrogen functional groups attached to an aromatic ring is 3. The lowest BCUT2D eigenvalue weighted by atomic mass is 10.1. The van der Waals surface area contributed by atoms with Gasteiger partial charge in [-0.1, -0.05) is 0 Å². The van der Waals surface area contributed by atoms with Crippen LogP contribution in [-0.2, 0) is 6.54 Å². The van der Waals surface area contributed by atoms with Crippen LogP contribution in [-0.4, -0.2) is 18.3 Å². The van der Waals surface area contributed by atoms with Gasteiger partial charge in [-0.3, -0.25) is 0 Å². The van der Waals surface area contributed by atoms with Gasteiger partial charge in [-0.25, -0.2) is 0 Å². The molecular weight excluding hydrogens is 304 g/mol. The van der Waals surface area contributed by atoms with Crippen LogP contribution < -0.4 is 27.3 Å². The van der Waals surface area contributed by atoms with Gasteiger partial charge in [0.1, 0.15) is 12.4 Å². The molecular formula is C15H21ClN4O2. The van der Waals surface area contributed by atoms with Crippen molar-refractivity contribution in [3.05, 3.63) is 42.0 Å². The van der Waals surface area contributed by atoms with Gasteiger partial charge < -0.3 is 32.4 Å². The van der Waals surface area contributed by atoms with Gasteiger partial charge in [-0.15, -0.1) is 12.4 Å². The minimum absolute atomic E-state index is 0. The fraction of sp³-hybridized carbons (Fsp3) is 0.200. The lowest BCUT2D eigenvalue weighted by Gasteiger charge is -2.14. The third-order valence-electron chi connectivity index (χ3n) is 2.99. The zero-order valence-corrected chi connectivity index (χ0v) is 12.9. The summed E-state index contributed by atoms with van der Waals surface area (Å²) in [6.45, 7) is 0.667. The van der Waals surface area contributed by atoms with E-state index in [1.54, 1.807) is 30.3 Å². The van der Waals surface area contributed by atoms with Crippen molar-refractivity contribution >= 4 is 35.2 Å². The molecule has 7 heteroatoms. The van der Waals surface area contributed by atoms with Crippen LogP contribution in [0.15, 0.2) is 36.4 Å². The highest BCUT2D eigenvalue weighted by molar-refractivity contribution is 5.85. The maximum atomic E-state index is 8.85. The van der Waals surface area contributed by atoms with Crippen molar-refractivity contribution in [3.63, 3.8) is 0 Å². The van der Waals surface area contributed by atoms with Crippen molar-refractivity contribution in [2.75, 3.05) is 35.7 Å². The van der Waals surface area contributed by atoms with E-state index in [2.05, 4.69) is 5.32 Å². The Morgan fingerprint density at radius 2 is 1.68 bits per heavy atom. The predicted molar refractivity (Wildman–Crippen MR) is 93.3 cm³/mol. The highest BCUT2D eigenvalue weighted by Crippen LogP contribution is 2.28. The highest BCUT2D eigenvalue weighted by atomic mass is 35.5. The van der Waals surface area contributed by atoms with Crippen LogP contribution in [0.4, 0.5) is 22.7 Å². The van der Waals surface area contributed by atoms with Gasteiger partial charge in [-0.2, -0.15) is 0 Å². The first kappa shape index (κ1) is 17.7. The second kappa shape index (κ2) is 8.21. The van der Waals surface area contributed by atoms with Gasteiger partial charge in [0.25, 0.3) is 0 Å². The molecule has 2 aromatic rings. The van der Waals surface area contributed by atoms with Crippen molar-refractivity contribution < 1.29 is 9.84 Å². The molecule has 0 saturated heterocycles. The summed E-state index contributed by atoms with van der Waals surface area (Å²) in [4.78, 5) is 0. The van der Waals surface area contributed by atoms with Crippen molar-refractivity contribution in [1.82, 2.24) is 0 Å². The summed E-state index contributed by atoms with van der Waals surface area (Å²) < 4.78 is 5.46. The van der Waals surface area contributed by atoms with Crippen LogP contribution in [0, 0.1) is 0 Å². The van der Waals surface area contributed by atoms with Crippen LogP contribution in [0.3, 0.4) is 0 Å². The summed E-state index contributed by atoms with van der Waals surface area (Å²) in [5.41, 5.74) is 21.0. The lowest BCUT2D eigenvalue weighted by Crippen LogP contribution is -2.08. The molecule has 0 atom stereocenters. The number of aliphatic hydroxyl groups excluding tert-OH is 1. The molecule has 2 aromatic carbocycles. The average molecular weight is 325 g/mol. The Morgan fingerprint density at radius 1 is 1.00 bits per heavy atom. The largest absolute Gasteiger partial charge is 0.489 e. The van der Waals surface area contributed by atoms with Gasteiger partial charge in [0.05, 0.1) is 12.3 Å². The number of nitrogens with two attached hydrogens (primary N) is 3. The minimum atomic E-state index is -0.0496. The Balaban J connectivity index is 0.00000242. The second-order valence-corrected chi connectivity index (χ2v) is 4.64. The first-order valence-corrected chi connectivity index (χ1v) is 6.61. The molecule has 2 rings (SSSR count). The van der Waals surface area contributed by atoms with Crippen LogP contribution in [0.1, 0.15) is 5.56 Å². The molecule has 0 aliphatic heterocycles. The van der Waals surface area contributed by atoms with Gasteiger partial charge in [0, 0.05) is 23.6 Å². The second-order valence-electron chi connectivity index (χ2n) is 4.64. The van der Waals surface area contributed by atoms with E-state index in [9.17, 15) is 0 Å². The van der Waals surface area contributed by atoms with E-state index in [0.717, 1.165) is 11.3 Å². The average Bonchev–Trinajstić information content (AvgIpc) is 2.47. The fourth-order valence-electron chi connectivity index (χ4n) is 1.94. The van der Waals surface area contributed by atoms with Gasteiger partial charge in [-0.05, 0) is 42.0 Å². The summed E-state index contributed by atoms with van der Waals surface area (Å²) in [5.74, 6) is 0.626. The zero-order valence-electron chi connectivity index (χ0n) is 12.1. The van der Waals surface area contributed by atoms with Crippen LogP contribution >= 0.6 is 12.4 Å². The van der Waals surface area contributed by atoms with Gasteiger partial charge in [0.2, 0.25) is 0 Å². The summed E-state index contributed by atoms with van der Waals surface area (Å²) in [7, 11) is 0. The Hall–Kier alpha value is -2.31. The summed E-state index contributed by atoms with van der Waals surface area (Å²) >= 11 is 0. The third kappa shape index (κ3) is 4.61.